The predicted molar refractivity (Wildman–Crippen MR) is 118 cm³/mol. The number of benzene rings is 1. The molecule has 0 nitrogen and oxygen atoms in total. The zero-order valence-corrected chi connectivity index (χ0v) is 17.4. The quantitative estimate of drug-likeness (QED) is 0.473. The van der Waals surface area contributed by atoms with Crippen molar-refractivity contribution < 1.29 is 0 Å². The molecule has 1 heteroatoms. The highest BCUT2D eigenvalue weighted by molar-refractivity contribution is 6.27. The number of alkyl halides is 1. The molecule has 1 aromatic rings. The summed E-state index contributed by atoms with van der Waals surface area (Å²) in [5.74, 6) is 0.318. The van der Waals surface area contributed by atoms with E-state index in [-0.39, 0.29) is 5.41 Å². The molecule has 4 rings (SSSR count). The third-order valence-electron chi connectivity index (χ3n) is 6.34. The van der Waals surface area contributed by atoms with Crippen LogP contribution in [0.3, 0.4) is 0 Å². The van der Waals surface area contributed by atoms with Crippen LogP contribution in [-0.2, 0) is 0 Å². The molecule has 0 saturated heterocycles. The zero-order valence-electron chi connectivity index (χ0n) is 16.6. The fraction of sp³-hybridized carbons (Fsp3) is 0.385. The van der Waals surface area contributed by atoms with Gasteiger partial charge in [-0.1, -0.05) is 86.2 Å². The minimum Gasteiger partial charge on any atom is -0.109 e. The Labute approximate surface area is 169 Å². The molecule has 0 N–H and O–H groups in total. The maximum atomic E-state index is 7.18. The summed E-state index contributed by atoms with van der Waals surface area (Å²) in [5, 5.41) is 0. The van der Waals surface area contributed by atoms with Crippen molar-refractivity contribution in [2.75, 3.05) is 0 Å². The molecule has 0 radical (unpaired) electrons. The summed E-state index contributed by atoms with van der Waals surface area (Å²) < 4.78 is 0. The van der Waals surface area contributed by atoms with E-state index in [9.17, 15) is 0 Å². The lowest BCUT2D eigenvalue weighted by atomic mass is 9.79. The molecular weight excluding hydrogens is 348 g/mol. The Morgan fingerprint density at radius 2 is 1.85 bits per heavy atom. The van der Waals surface area contributed by atoms with E-state index in [0.717, 1.165) is 0 Å². The summed E-state index contributed by atoms with van der Waals surface area (Å²) >= 11 is 7.18. The van der Waals surface area contributed by atoms with Crippen LogP contribution in [0.2, 0.25) is 0 Å². The molecule has 0 bridgehead atoms. The molecule has 140 valence electrons. The van der Waals surface area contributed by atoms with E-state index in [4.69, 9.17) is 11.6 Å². The second-order valence-corrected chi connectivity index (χ2v) is 9.42. The van der Waals surface area contributed by atoms with Crippen LogP contribution in [0.5, 0.6) is 0 Å². The fourth-order valence-electron chi connectivity index (χ4n) is 4.80. The molecule has 27 heavy (non-hydrogen) atoms. The van der Waals surface area contributed by atoms with Gasteiger partial charge in [0, 0.05) is 11.3 Å². The SMILES string of the molecule is CC(=CC(C)(C)C1=CC(Cl)(C2C=CC3=C2CCCC3)C=C1)c1ccccc1. The van der Waals surface area contributed by atoms with Crippen molar-refractivity contribution in [3.63, 3.8) is 0 Å². The molecule has 0 aromatic heterocycles. The van der Waals surface area contributed by atoms with Gasteiger partial charge in [0.2, 0.25) is 0 Å². The molecule has 3 aliphatic carbocycles. The largest absolute Gasteiger partial charge is 0.109 e. The van der Waals surface area contributed by atoms with E-state index in [2.05, 4.69) is 87.6 Å². The maximum absolute atomic E-state index is 7.18. The number of hydrogen-bond acceptors (Lipinski definition) is 0. The van der Waals surface area contributed by atoms with Crippen LogP contribution in [0.25, 0.3) is 5.57 Å². The van der Waals surface area contributed by atoms with Gasteiger partial charge in [0.05, 0.1) is 4.87 Å². The van der Waals surface area contributed by atoms with Crippen LogP contribution in [0, 0.1) is 11.3 Å². The van der Waals surface area contributed by atoms with Crippen molar-refractivity contribution in [2.45, 2.75) is 51.3 Å². The van der Waals surface area contributed by atoms with E-state index in [1.54, 1.807) is 11.1 Å². The van der Waals surface area contributed by atoms with Gasteiger partial charge in [0.1, 0.15) is 0 Å². The van der Waals surface area contributed by atoms with E-state index >= 15 is 0 Å². The first-order valence-electron chi connectivity index (χ1n) is 10.2. The molecule has 2 atom stereocenters. The molecule has 0 amide bonds. The van der Waals surface area contributed by atoms with Crippen molar-refractivity contribution in [3.05, 3.63) is 89.1 Å². The van der Waals surface area contributed by atoms with Crippen LogP contribution >= 0.6 is 11.6 Å². The Kier molecular flexibility index (Phi) is 4.80. The first-order chi connectivity index (χ1) is 12.9. The summed E-state index contributed by atoms with van der Waals surface area (Å²) in [6, 6.07) is 10.6. The Bertz CT molecular complexity index is 876. The number of hydrogen-bond donors (Lipinski definition) is 0. The third-order valence-corrected chi connectivity index (χ3v) is 6.81. The van der Waals surface area contributed by atoms with Crippen LogP contribution < -0.4 is 0 Å². The van der Waals surface area contributed by atoms with Gasteiger partial charge in [-0.25, -0.2) is 0 Å². The first kappa shape index (κ1) is 18.6. The Morgan fingerprint density at radius 3 is 2.63 bits per heavy atom. The average Bonchev–Trinajstić information content (AvgIpc) is 3.27. The van der Waals surface area contributed by atoms with Gasteiger partial charge in [0.25, 0.3) is 0 Å². The number of halogens is 1. The topological polar surface area (TPSA) is 0 Å². The summed E-state index contributed by atoms with van der Waals surface area (Å²) in [7, 11) is 0. The van der Waals surface area contributed by atoms with E-state index in [1.165, 1.54) is 42.4 Å². The highest BCUT2D eigenvalue weighted by Crippen LogP contribution is 2.49. The highest BCUT2D eigenvalue weighted by atomic mass is 35.5. The second-order valence-electron chi connectivity index (χ2n) is 8.77. The molecule has 0 spiro atoms. The molecule has 0 saturated carbocycles. The second kappa shape index (κ2) is 6.99. The smallest absolute Gasteiger partial charge is 0.0915 e. The zero-order chi connectivity index (χ0) is 19.1. The standard InChI is InChI=1S/C26H29Cl/c1-19(20-9-5-4-6-10-20)17-25(2,3)22-15-16-26(27,18-22)24-14-13-21-11-7-8-12-23(21)24/h4-6,9-10,13-18,24H,7-8,11-12H2,1-3H3. The van der Waals surface area contributed by atoms with E-state index in [0.29, 0.717) is 5.92 Å². The van der Waals surface area contributed by atoms with Crippen molar-refractivity contribution in [1.82, 2.24) is 0 Å². The van der Waals surface area contributed by atoms with Crippen LogP contribution in [0.4, 0.5) is 0 Å². The fourth-order valence-corrected chi connectivity index (χ4v) is 5.18. The molecule has 0 aliphatic heterocycles. The van der Waals surface area contributed by atoms with Gasteiger partial charge in [-0.2, -0.15) is 0 Å². The van der Waals surface area contributed by atoms with Crippen molar-refractivity contribution >= 4 is 17.2 Å². The van der Waals surface area contributed by atoms with Crippen molar-refractivity contribution in [3.8, 4) is 0 Å². The lowest BCUT2D eigenvalue weighted by Gasteiger charge is -2.30. The van der Waals surface area contributed by atoms with Crippen molar-refractivity contribution in [1.29, 1.82) is 0 Å². The lowest BCUT2D eigenvalue weighted by Crippen LogP contribution is -2.26. The van der Waals surface area contributed by atoms with Gasteiger partial charge in [-0.3, -0.25) is 0 Å². The third kappa shape index (κ3) is 3.52. The minimum atomic E-state index is -0.411. The number of allylic oxidation sites excluding steroid dienone is 10. The number of rotatable bonds is 4. The van der Waals surface area contributed by atoms with Gasteiger partial charge >= 0.3 is 0 Å². The first-order valence-corrected chi connectivity index (χ1v) is 10.5. The van der Waals surface area contributed by atoms with Crippen LogP contribution in [0.1, 0.15) is 52.0 Å². The average molecular weight is 377 g/mol. The maximum Gasteiger partial charge on any atom is 0.0915 e. The predicted octanol–water partition coefficient (Wildman–Crippen LogP) is 7.65. The molecule has 1 aromatic carbocycles. The molecule has 3 aliphatic rings. The Balaban J connectivity index is 1.61. The van der Waals surface area contributed by atoms with Gasteiger partial charge in [-0.15, -0.1) is 11.6 Å². The Hall–Kier alpha value is -1.79. The lowest BCUT2D eigenvalue weighted by molar-refractivity contribution is 0.578. The molecular formula is C26H29Cl. The Morgan fingerprint density at radius 1 is 1.11 bits per heavy atom. The monoisotopic (exact) mass is 376 g/mol. The van der Waals surface area contributed by atoms with Gasteiger partial charge in [-0.05, 0) is 54.9 Å². The van der Waals surface area contributed by atoms with Gasteiger partial charge < -0.3 is 0 Å². The summed E-state index contributed by atoms with van der Waals surface area (Å²) in [6.07, 6.45) is 18.9. The molecule has 2 unspecified atom stereocenters. The van der Waals surface area contributed by atoms with Crippen LogP contribution in [0.15, 0.2) is 83.5 Å². The normalized spacial score (nSPS) is 27.9. The van der Waals surface area contributed by atoms with Crippen molar-refractivity contribution in [2.24, 2.45) is 11.3 Å². The highest BCUT2D eigenvalue weighted by Gasteiger charge is 2.41. The van der Waals surface area contributed by atoms with Gasteiger partial charge in [0.15, 0.2) is 0 Å². The van der Waals surface area contributed by atoms with E-state index in [1.807, 2.05) is 0 Å². The molecule has 0 heterocycles. The summed E-state index contributed by atoms with van der Waals surface area (Å²) in [6.45, 7) is 6.77. The van der Waals surface area contributed by atoms with E-state index < -0.39 is 4.87 Å². The summed E-state index contributed by atoms with van der Waals surface area (Å²) in [5.41, 5.74) is 6.96. The van der Waals surface area contributed by atoms with Crippen LogP contribution in [-0.4, -0.2) is 4.87 Å². The molecule has 0 fully saturated rings. The summed E-state index contributed by atoms with van der Waals surface area (Å²) in [4.78, 5) is -0.411. The minimum absolute atomic E-state index is 0.0564.